The molecule has 0 bridgehead atoms. The van der Waals surface area contributed by atoms with Crippen LogP contribution in [0.4, 0.5) is 4.39 Å². The van der Waals surface area contributed by atoms with E-state index in [0.29, 0.717) is 0 Å². The van der Waals surface area contributed by atoms with Crippen molar-refractivity contribution in [2.45, 2.75) is 0 Å². The van der Waals surface area contributed by atoms with Crippen LogP contribution in [0, 0.1) is 5.82 Å². The lowest BCUT2D eigenvalue weighted by molar-refractivity contribution is 0.453. The fourth-order valence-electron chi connectivity index (χ4n) is 0.987. The maximum Gasteiger partial charge on any atom is 0.262 e. The molecule has 0 saturated heterocycles. The third kappa shape index (κ3) is 2.56. The molecule has 82 valence electrons. The van der Waals surface area contributed by atoms with Crippen LogP contribution in [-0.4, -0.2) is 15.2 Å². The molecule has 0 aliphatic heterocycles. The van der Waals surface area contributed by atoms with Crippen molar-refractivity contribution < 1.29 is 9.13 Å². The van der Waals surface area contributed by atoms with Crippen molar-refractivity contribution in [2.75, 3.05) is 0 Å². The second kappa shape index (κ2) is 4.59. The molecule has 0 radical (unpaired) electrons. The summed E-state index contributed by atoms with van der Waals surface area (Å²) in [4.78, 5) is 3.71. The first-order valence-electron chi connectivity index (χ1n) is 4.14. The van der Waals surface area contributed by atoms with E-state index in [1.165, 1.54) is 18.2 Å². The molecule has 0 atom stereocenters. The number of ether oxygens (including phenoxy) is 1. The van der Waals surface area contributed by atoms with E-state index in [1.807, 2.05) is 0 Å². The molecular weight excluding hydrogens is 256 g/mol. The van der Waals surface area contributed by atoms with E-state index in [1.54, 1.807) is 6.07 Å². The van der Waals surface area contributed by atoms with Crippen LogP contribution in [0.25, 0.3) is 0 Å². The van der Waals surface area contributed by atoms with E-state index in [2.05, 4.69) is 15.2 Å². The van der Waals surface area contributed by atoms with Crippen LogP contribution in [0.2, 0.25) is 10.4 Å². The zero-order valence-electron chi connectivity index (χ0n) is 7.69. The van der Waals surface area contributed by atoms with E-state index in [-0.39, 0.29) is 22.1 Å². The summed E-state index contributed by atoms with van der Waals surface area (Å²) in [7, 11) is 0. The molecule has 1 heterocycles. The van der Waals surface area contributed by atoms with Crippen LogP contribution in [-0.2, 0) is 0 Å². The number of benzene rings is 1. The number of hydrogen-bond acceptors (Lipinski definition) is 4. The van der Waals surface area contributed by atoms with Gasteiger partial charge in [0.1, 0.15) is 11.6 Å². The van der Waals surface area contributed by atoms with Gasteiger partial charge in [0.2, 0.25) is 10.4 Å². The molecule has 0 N–H and O–H groups in total. The maximum atomic E-state index is 12.9. The minimum absolute atomic E-state index is 0.0210. The Morgan fingerprint density at radius 2 is 2.00 bits per heavy atom. The predicted octanol–water partition coefficient (Wildman–Crippen LogP) is 3.11. The quantitative estimate of drug-likeness (QED) is 0.832. The van der Waals surface area contributed by atoms with Crippen molar-refractivity contribution in [3.8, 4) is 11.6 Å². The zero-order valence-corrected chi connectivity index (χ0v) is 9.21. The van der Waals surface area contributed by atoms with E-state index in [9.17, 15) is 4.39 Å². The summed E-state index contributed by atoms with van der Waals surface area (Å²) in [6.45, 7) is 0. The summed E-state index contributed by atoms with van der Waals surface area (Å²) in [5.41, 5.74) is 0. The molecule has 0 fully saturated rings. The van der Waals surface area contributed by atoms with Gasteiger partial charge in [-0.3, -0.25) is 0 Å². The largest absolute Gasteiger partial charge is 0.436 e. The Hall–Kier alpha value is -1.46. The van der Waals surface area contributed by atoms with Crippen molar-refractivity contribution >= 4 is 23.2 Å². The average molecular weight is 260 g/mol. The Balaban J connectivity index is 2.30. The first-order valence-corrected chi connectivity index (χ1v) is 4.90. The molecule has 0 saturated carbocycles. The van der Waals surface area contributed by atoms with E-state index >= 15 is 0 Å². The Labute approximate surface area is 100 Å². The Morgan fingerprint density at radius 3 is 2.75 bits per heavy atom. The summed E-state index contributed by atoms with van der Waals surface area (Å²) in [6, 6.07) is 5.52. The molecule has 0 unspecified atom stereocenters. The summed E-state index contributed by atoms with van der Waals surface area (Å²) in [5, 5.41) is 6.77. The van der Waals surface area contributed by atoms with Gasteiger partial charge < -0.3 is 4.74 Å². The van der Waals surface area contributed by atoms with Gasteiger partial charge in [-0.15, -0.1) is 10.2 Å². The van der Waals surface area contributed by atoms with Gasteiger partial charge >= 0.3 is 0 Å². The third-order valence-electron chi connectivity index (χ3n) is 1.60. The zero-order chi connectivity index (χ0) is 11.5. The number of halogens is 3. The Bertz CT molecular complexity index is 524. The van der Waals surface area contributed by atoms with Gasteiger partial charge in [0, 0.05) is 6.07 Å². The molecule has 0 aliphatic rings. The van der Waals surface area contributed by atoms with Crippen LogP contribution in [0.5, 0.6) is 11.6 Å². The van der Waals surface area contributed by atoms with Gasteiger partial charge in [0.05, 0.1) is 0 Å². The molecule has 7 heteroatoms. The number of rotatable bonds is 2. The summed E-state index contributed by atoms with van der Waals surface area (Å²) in [5.74, 6) is -0.201. The number of aromatic nitrogens is 3. The van der Waals surface area contributed by atoms with Gasteiger partial charge in [-0.1, -0.05) is 17.7 Å². The minimum Gasteiger partial charge on any atom is -0.436 e. The van der Waals surface area contributed by atoms with Gasteiger partial charge in [0.25, 0.3) is 5.88 Å². The fourth-order valence-corrected chi connectivity index (χ4v) is 1.22. The van der Waals surface area contributed by atoms with Crippen molar-refractivity contribution in [1.82, 2.24) is 15.2 Å². The topological polar surface area (TPSA) is 47.9 Å². The van der Waals surface area contributed by atoms with Crippen molar-refractivity contribution in [3.05, 3.63) is 40.5 Å². The maximum absolute atomic E-state index is 12.9. The van der Waals surface area contributed by atoms with E-state index in [0.717, 1.165) is 0 Å². The lowest BCUT2D eigenvalue weighted by Crippen LogP contribution is -1.94. The molecule has 1 aromatic heterocycles. The normalized spacial score (nSPS) is 10.2. The summed E-state index contributed by atoms with van der Waals surface area (Å²) >= 11 is 11.2. The molecule has 2 rings (SSSR count). The van der Waals surface area contributed by atoms with Gasteiger partial charge in [-0.05, 0) is 23.7 Å². The van der Waals surface area contributed by atoms with E-state index in [4.69, 9.17) is 27.9 Å². The monoisotopic (exact) mass is 259 g/mol. The van der Waals surface area contributed by atoms with Gasteiger partial charge in [0.15, 0.2) is 0 Å². The van der Waals surface area contributed by atoms with Crippen molar-refractivity contribution in [1.29, 1.82) is 0 Å². The first kappa shape index (κ1) is 11.0. The molecule has 0 amide bonds. The van der Waals surface area contributed by atoms with Crippen molar-refractivity contribution in [2.24, 2.45) is 0 Å². The van der Waals surface area contributed by atoms with Crippen molar-refractivity contribution in [3.63, 3.8) is 0 Å². The lowest BCUT2D eigenvalue weighted by atomic mass is 10.3. The summed E-state index contributed by atoms with van der Waals surface area (Å²) in [6.07, 6.45) is 0. The van der Waals surface area contributed by atoms with E-state index < -0.39 is 5.82 Å². The molecule has 4 nitrogen and oxygen atoms in total. The number of nitrogens with zero attached hydrogens (tertiary/aromatic N) is 3. The van der Waals surface area contributed by atoms with Gasteiger partial charge in [-0.2, -0.15) is 4.98 Å². The highest BCUT2D eigenvalue weighted by molar-refractivity contribution is 6.31. The Kier molecular flexibility index (Phi) is 3.17. The molecule has 2 aromatic rings. The third-order valence-corrected chi connectivity index (χ3v) is 2.00. The highest BCUT2D eigenvalue weighted by Gasteiger charge is 2.08. The summed E-state index contributed by atoms with van der Waals surface area (Å²) < 4.78 is 18.1. The molecule has 16 heavy (non-hydrogen) atoms. The number of hydrogen-bond donors (Lipinski definition) is 0. The standard InChI is InChI=1S/C9H4Cl2FN3O/c10-7-8(13-9(11)15-14-7)16-6-3-1-2-5(12)4-6/h1-4H. The SMILES string of the molecule is Fc1cccc(Oc2nc(Cl)nnc2Cl)c1. The molecule has 1 aromatic carbocycles. The minimum atomic E-state index is -0.429. The van der Waals surface area contributed by atoms with Crippen LogP contribution in [0.1, 0.15) is 0 Å². The molecule has 0 spiro atoms. The van der Waals surface area contributed by atoms with Crippen LogP contribution in [0.3, 0.4) is 0 Å². The lowest BCUT2D eigenvalue weighted by Gasteiger charge is -2.04. The van der Waals surface area contributed by atoms with Crippen LogP contribution in [0.15, 0.2) is 24.3 Å². The highest BCUT2D eigenvalue weighted by atomic mass is 35.5. The Morgan fingerprint density at radius 1 is 1.19 bits per heavy atom. The first-order chi connectivity index (χ1) is 7.65. The predicted molar refractivity (Wildman–Crippen MR) is 56.3 cm³/mol. The second-order valence-electron chi connectivity index (χ2n) is 2.74. The average Bonchev–Trinajstić information content (AvgIpc) is 2.24. The molecular formula is C9H4Cl2FN3O. The van der Waals surface area contributed by atoms with Gasteiger partial charge in [-0.25, -0.2) is 4.39 Å². The second-order valence-corrected chi connectivity index (χ2v) is 3.43. The smallest absolute Gasteiger partial charge is 0.262 e. The van der Waals surface area contributed by atoms with Crippen LogP contribution < -0.4 is 4.74 Å². The fraction of sp³-hybridized carbons (Fsp3) is 0. The highest BCUT2D eigenvalue weighted by Crippen LogP contribution is 2.25. The van der Waals surface area contributed by atoms with Crippen LogP contribution >= 0.6 is 23.2 Å². The molecule has 0 aliphatic carbocycles.